The van der Waals surface area contributed by atoms with Crippen molar-refractivity contribution in [3.8, 4) is 27.9 Å². The van der Waals surface area contributed by atoms with Gasteiger partial charge in [0.15, 0.2) is 0 Å². The average molecular weight is 545 g/mol. The van der Waals surface area contributed by atoms with E-state index in [1.165, 1.54) is 17.6 Å². The van der Waals surface area contributed by atoms with Gasteiger partial charge in [0.25, 0.3) is 11.8 Å². The molecule has 8 rings (SSSR count). The van der Waals surface area contributed by atoms with Crippen molar-refractivity contribution in [1.82, 2.24) is 24.5 Å². The van der Waals surface area contributed by atoms with E-state index in [4.69, 9.17) is 0 Å². The van der Waals surface area contributed by atoms with Gasteiger partial charge in [-0.15, -0.1) is 0 Å². The minimum Gasteiger partial charge on any atom is -0.307 e. The molecule has 3 aromatic heterocycles. The zero-order valence-corrected chi connectivity index (χ0v) is 22.0. The summed E-state index contributed by atoms with van der Waals surface area (Å²) in [6, 6.07) is 26.7. The maximum absolute atomic E-state index is 14.2. The van der Waals surface area contributed by atoms with Gasteiger partial charge in [-0.25, -0.2) is 24.8 Å². The van der Waals surface area contributed by atoms with Crippen molar-refractivity contribution in [2.75, 3.05) is 4.90 Å². The summed E-state index contributed by atoms with van der Waals surface area (Å²) in [5.41, 5.74) is 7.05. The van der Waals surface area contributed by atoms with E-state index in [0.717, 1.165) is 44.1 Å². The van der Waals surface area contributed by atoms with Crippen LogP contribution in [0.4, 0.5) is 5.69 Å². The number of anilines is 1. The van der Waals surface area contributed by atoms with Crippen LogP contribution in [0.5, 0.6) is 0 Å². The van der Waals surface area contributed by atoms with Crippen LogP contribution in [0.3, 0.4) is 0 Å². The fourth-order valence-corrected chi connectivity index (χ4v) is 5.96. The van der Waals surface area contributed by atoms with E-state index in [9.17, 15) is 9.59 Å². The van der Waals surface area contributed by atoms with Gasteiger partial charge < -0.3 is 4.57 Å². The summed E-state index contributed by atoms with van der Waals surface area (Å²) in [5.74, 6) is -0.718. The van der Waals surface area contributed by atoms with Gasteiger partial charge >= 0.3 is 0 Å². The Kier molecular flexibility index (Phi) is 5.26. The highest BCUT2D eigenvalue weighted by Gasteiger charge is 2.39. The Bertz CT molecular complexity index is 2080. The molecular formula is C34H20N6O2. The highest BCUT2D eigenvalue weighted by atomic mass is 16.2. The summed E-state index contributed by atoms with van der Waals surface area (Å²) in [7, 11) is 0. The third-order valence-corrected chi connectivity index (χ3v) is 7.70. The molecule has 0 radical (unpaired) electrons. The molecule has 2 amide bonds. The highest BCUT2D eigenvalue weighted by Crippen LogP contribution is 2.43. The molecule has 0 N–H and O–H groups in total. The zero-order valence-electron chi connectivity index (χ0n) is 22.0. The Hall–Kier alpha value is -6.02. The van der Waals surface area contributed by atoms with Crippen molar-refractivity contribution in [3.63, 3.8) is 0 Å². The van der Waals surface area contributed by atoms with Crippen molar-refractivity contribution < 1.29 is 9.59 Å². The van der Waals surface area contributed by atoms with Crippen LogP contribution in [-0.2, 0) is 0 Å². The van der Waals surface area contributed by atoms with Crippen LogP contribution >= 0.6 is 0 Å². The molecule has 0 atom stereocenters. The Morgan fingerprint density at radius 2 is 1.02 bits per heavy atom. The zero-order chi connectivity index (χ0) is 28.2. The van der Waals surface area contributed by atoms with Gasteiger partial charge in [0, 0.05) is 57.8 Å². The van der Waals surface area contributed by atoms with Crippen LogP contribution < -0.4 is 4.90 Å². The van der Waals surface area contributed by atoms with Crippen LogP contribution in [-0.4, -0.2) is 36.3 Å². The molecule has 0 unspecified atom stereocenters. The molecule has 0 aliphatic carbocycles. The highest BCUT2D eigenvalue weighted by molar-refractivity contribution is 6.36. The lowest BCUT2D eigenvalue weighted by Crippen LogP contribution is -2.29. The first-order valence-electron chi connectivity index (χ1n) is 13.4. The van der Waals surface area contributed by atoms with E-state index in [1.807, 2.05) is 54.6 Å². The Morgan fingerprint density at radius 1 is 0.500 bits per heavy atom. The second-order valence-electron chi connectivity index (χ2n) is 9.97. The third kappa shape index (κ3) is 3.42. The maximum atomic E-state index is 14.2. The largest absolute Gasteiger partial charge is 0.307 e. The van der Waals surface area contributed by atoms with Crippen LogP contribution in [0.25, 0.3) is 49.7 Å². The molecule has 198 valence electrons. The van der Waals surface area contributed by atoms with Gasteiger partial charge in [-0.3, -0.25) is 9.59 Å². The number of rotatable bonds is 4. The maximum Gasteiger partial charge on any atom is 0.268 e. The topological polar surface area (TPSA) is 93.9 Å². The van der Waals surface area contributed by atoms with E-state index in [-0.39, 0.29) is 11.8 Å². The van der Waals surface area contributed by atoms with E-state index in [2.05, 4.69) is 36.6 Å². The number of amides is 2. The summed E-state index contributed by atoms with van der Waals surface area (Å²) in [5, 5.41) is 1.97. The van der Waals surface area contributed by atoms with Crippen LogP contribution in [0.15, 0.2) is 122 Å². The summed E-state index contributed by atoms with van der Waals surface area (Å²) in [4.78, 5) is 46.2. The number of fused-ring (bicyclic) bond motifs is 4. The molecule has 7 aromatic rings. The summed E-state index contributed by atoms with van der Waals surface area (Å²) < 4.78 is 2.09. The van der Waals surface area contributed by atoms with Crippen LogP contribution in [0, 0.1) is 0 Å². The second kappa shape index (κ2) is 9.28. The number of carbonyl (C=O) groups excluding carboxylic acids is 2. The van der Waals surface area contributed by atoms with Gasteiger partial charge in [-0.05, 0) is 24.3 Å². The summed E-state index contributed by atoms with van der Waals surface area (Å²) >= 11 is 0. The molecule has 0 saturated heterocycles. The number of benzene rings is 4. The SMILES string of the molecule is O=C1c2cccc(-n3c4c(-c5cncnc5)cccc4c4cccc(-c5cncnc5)c43)c2C(=O)N1c1ccccc1. The monoisotopic (exact) mass is 544 g/mol. The molecule has 42 heavy (non-hydrogen) atoms. The number of carbonyl (C=O) groups is 2. The summed E-state index contributed by atoms with van der Waals surface area (Å²) in [6.45, 7) is 0. The first-order chi connectivity index (χ1) is 20.7. The van der Waals surface area contributed by atoms with Crippen molar-refractivity contribution in [2.24, 2.45) is 0 Å². The number of hydrogen-bond donors (Lipinski definition) is 0. The van der Waals surface area contributed by atoms with Gasteiger partial charge in [0.1, 0.15) is 12.7 Å². The van der Waals surface area contributed by atoms with Crippen LogP contribution in [0.1, 0.15) is 20.7 Å². The lowest BCUT2D eigenvalue weighted by atomic mass is 10.0. The first kappa shape index (κ1) is 23.8. The predicted molar refractivity (Wildman–Crippen MR) is 160 cm³/mol. The number of hydrogen-bond acceptors (Lipinski definition) is 6. The molecule has 0 spiro atoms. The molecule has 0 fully saturated rings. The molecular weight excluding hydrogens is 524 g/mol. The Balaban J connectivity index is 1.51. The van der Waals surface area contributed by atoms with Gasteiger partial charge in [-0.2, -0.15) is 0 Å². The number of para-hydroxylation sites is 3. The molecule has 8 nitrogen and oxygen atoms in total. The molecule has 8 heteroatoms. The molecule has 0 bridgehead atoms. The number of imide groups is 1. The molecule has 1 aliphatic rings. The number of nitrogens with zero attached hydrogens (tertiary/aromatic N) is 6. The molecule has 0 saturated carbocycles. The fraction of sp³-hybridized carbons (Fsp3) is 0. The Labute approximate surface area is 239 Å². The van der Waals surface area contributed by atoms with Crippen molar-refractivity contribution in [3.05, 3.63) is 133 Å². The fourth-order valence-electron chi connectivity index (χ4n) is 5.96. The molecule has 4 aromatic carbocycles. The van der Waals surface area contributed by atoms with Gasteiger partial charge in [0.2, 0.25) is 0 Å². The minimum absolute atomic E-state index is 0.350. The van der Waals surface area contributed by atoms with E-state index < -0.39 is 0 Å². The molecule has 4 heterocycles. The lowest BCUT2D eigenvalue weighted by molar-refractivity contribution is 0.0926. The second-order valence-corrected chi connectivity index (χ2v) is 9.97. The van der Waals surface area contributed by atoms with Crippen molar-refractivity contribution in [1.29, 1.82) is 0 Å². The Morgan fingerprint density at radius 3 is 1.60 bits per heavy atom. The number of aromatic nitrogens is 5. The quantitative estimate of drug-likeness (QED) is 0.235. The van der Waals surface area contributed by atoms with Crippen LogP contribution in [0.2, 0.25) is 0 Å². The lowest BCUT2D eigenvalue weighted by Gasteiger charge is -2.16. The minimum atomic E-state index is -0.368. The summed E-state index contributed by atoms with van der Waals surface area (Å²) in [6.07, 6.45) is 10.1. The normalized spacial score (nSPS) is 12.8. The standard InChI is InChI=1S/C34H20N6O2/c41-33-28-13-6-14-29(30(28)34(42)39(33)23-7-2-1-3-8-23)40-31-24(21-15-35-19-36-16-21)9-4-11-26(31)27-12-5-10-25(32(27)40)22-17-37-20-38-18-22/h1-20H. The average Bonchev–Trinajstić information content (AvgIpc) is 3.53. The van der Waals surface area contributed by atoms with E-state index >= 15 is 0 Å². The van der Waals surface area contributed by atoms with Gasteiger partial charge in [0.05, 0.1) is 33.5 Å². The van der Waals surface area contributed by atoms with Crippen molar-refractivity contribution in [2.45, 2.75) is 0 Å². The smallest absolute Gasteiger partial charge is 0.268 e. The van der Waals surface area contributed by atoms with Crippen molar-refractivity contribution >= 4 is 39.3 Å². The predicted octanol–water partition coefficient (Wildman–Crippen LogP) is 6.50. The molecule has 1 aliphatic heterocycles. The third-order valence-electron chi connectivity index (χ3n) is 7.70. The van der Waals surface area contributed by atoms with Gasteiger partial charge in [-0.1, -0.05) is 60.7 Å². The van der Waals surface area contributed by atoms with E-state index in [0.29, 0.717) is 22.5 Å². The van der Waals surface area contributed by atoms with E-state index in [1.54, 1.807) is 43.0 Å². The first-order valence-corrected chi connectivity index (χ1v) is 13.4.